The number of carbonyl (C=O) groups is 1. The van der Waals surface area contributed by atoms with Crippen LogP contribution in [0.15, 0.2) is 18.2 Å². The monoisotopic (exact) mass is 291 g/mol. The lowest BCUT2D eigenvalue weighted by atomic mass is 9.95. The van der Waals surface area contributed by atoms with E-state index in [0.717, 1.165) is 17.5 Å². The van der Waals surface area contributed by atoms with Crippen molar-refractivity contribution in [2.45, 2.75) is 37.0 Å². The van der Waals surface area contributed by atoms with Crippen LogP contribution in [0.25, 0.3) is 11.0 Å². The Bertz CT molecular complexity index is 640. The quantitative estimate of drug-likeness (QED) is 0.941. The average molecular weight is 291 g/mol. The lowest BCUT2D eigenvalue weighted by Gasteiger charge is -2.30. The molecule has 3 rings (SSSR count). The number of hydrogen-bond acceptors (Lipinski definition) is 4. The van der Waals surface area contributed by atoms with Crippen LogP contribution >= 0.6 is 11.8 Å². The molecule has 0 spiro atoms. The molecule has 2 aromatic rings. The molecule has 2 unspecified atom stereocenters. The summed E-state index contributed by atoms with van der Waals surface area (Å²) in [5, 5.41) is 18.1. The predicted molar refractivity (Wildman–Crippen MR) is 79.3 cm³/mol. The number of hydrogen-bond donors (Lipinski definition) is 1. The van der Waals surface area contributed by atoms with Crippen molar-refractivity contribution >= 4 is 28.8 Å². The zero-order valence-corrected chi connectivity index (χ0v) is 12.1. The average Bonchev–Trinajstić information content (AvgIpc) is 2.89. The number of carboxylic acid groups (broad SMARTS) is 1. The van der Waals surface area contributed by atoms with E-state index in [1.54, 1.807) is 18.2 Å². The van der Waals surface area contributed by atoms with Crippen molar-refractivity contribution in [1.29, 1.82) is 0 Å². The maximum Gasteiger partial charge on any atom is 0.335 e. The molecule has 1 aromatic carbocycles. The first-order valence-electron chi connectivity index (χ1n) is 6.81. The summed E-state index contributed by atoms with van der Waals surface area (Å²) in [6.07, 6.45) is 6.86. The van der Waals surface area contributed by atoms with E-state index in [1.165, 1.54) is 19.3 Å². The molecule has 2 atom stereocenters. The smallest absolute Gasteiger partial charge is 0.335 e. The fourth-order valence-corrected chi connectivity index (χ4v) is 3.91. The number of nitrogens with zero attached hydrogens (tertiary/aromatic N) is 3. The van der Waals surface area contributed by atoms with E-state index >= 15 is 0 Å². The molecule has 0 radical (unpaired) electrons. The number of carboxylic acids is 1. The molecule has 0 saturated heterocycles. The minimum Gasteiger partial charge on any atom is -0.478 e. The summed E-state index contributed by atoms with van der Waals surface area (Å²) >= 11 is 1.87. The van der Waals surface area contributed by atoms with Crippen molar-refractivity contribution in [3.63, 3.8) is 0 Å². The maximum atomic E-state index is 11.1. The summed E-state index contributed by atoms with van der Waals surface area (Å²) in [7, 11) is 0. The number of fused-ring (bicyclic) bond motifs is 1. The summed E-state index contributed by atoms with van der Waals surface area (Å²) in [5.74, 6) is -0.912. The highest BCUT2D eigenvalue weighted by Crippen LogP contribution is 2.36. The van der Waals surface area contributed by atoms with Crippen LogP contribution in [0, 0.1) is 0 Å². The van der Waals surface area contributed by atoms with E-state index in [9.17, 15) is 4.79 Å². The Morgan fingerprint density at radius 3 is 2.95 bits per heavy atom. The van der Waals surface area contributed by atoms with Crippen LogP contribution in [0.1, 0.15) is 42.1 Å². The maximum absolute atomic E-state index is 11.1. The Morgan fingerprint density at radius 1 is 1.40 bits per heavy atom. The largest absolute Gasteiger partial charge is 0.478 e. The highest BCUT2D eigenvalue weighted by atomic mass is 32.2. The lowest BCUT2D eigenvalue weighted by molar-refractivity contribution is 0.0697. The topological polar surface area (TPSA) is 68.0 Å². The molecule has 20 heavy (non-hydrogen) atoms. The molecule has 106 valence electrons. The van der Waals surface area contributed by atoms with Gasteiger partial charge in [-0.1, -0.05) is 18.1 Å². The van der Waals surface area contributed by atoms with Gasteiger partial charge >= 0.3 is 5.97 Å². The molecule has 1 aliphatic carbocycles. The fourth-order valence-electron chi connectivity index (χ4n) is 2.95. The number of benzene rings is 1. The third-order valence-corrected chi connectivity index (χ3v) is 5.16. The molecular weight excluding hydrogens is 274 g/mol. The highest BCUT2D eigenvalue weighted by molar-refractivity contribution is 7.99. The van der Waals surface area contributed by atoms with Gasteiger partial charge in [0.1, 0.15) is 5.52 Å². The van der Waals surface area contributed by atoms with Crippen molar-refractivity contribution < 1.29 is 9.90 Å². The van der Waals surface area contributed by atoms with Gasteiger partial charge in [-0.25, -0.2) is 9.48 Å². The number of thioether (sulfide) groups is 1. The van der Waals surface area contributed by atoms with Gasteiger partial charge in [0, 0.05) is 5.25 Å². The van der Waals surface area contributed by atoms with Gasteiger partial charge < -0.3 is 5.11 Å². The molecule has 6 heteroatoms. The normalized spacial score (nSPS) is 23.1. The number of rotatable bonds is 3. The van der Waals surface area contributed by atoms with Gasteiger partial charge in [0.2, 0.25) is 0 Å². The first-order chi connectivity index (χ1) is 9.70. The number of aromatic carboxylic acids is 1. The fraction of sp³-hybridized carbons (Fsp3) is 0.500. The third kappa shape index (κ3) is 2.28. The van der Waals surface area contributed by atoms with Gasteiger partial charge in [0.15, 0.2) is 0 Å². The van der Waals surface area contributed by atoms with Crippen molar-refractivity contribution in [3.05, 3.63) is 23.8 Å². The van der Waals surface area contributed by atoms with E-state index in [4.69, 9.17) is 5.11 Å². The second-order valence-electron chi connectivity index (χ2n) is 5.17. The van der Waals surface area contributed by atoms with E-state index in [2.05, 4.69) is 16.6 Å². The van der Waals surface area contributed by atoms with Gasteiger partial charge in [-0.05, 0) is 37.3 Å². The molecule has 1 heterocycles. The molecule has 1 saturated carbocycles. The predicted octanol–water partition coefficient (Wildman–Crippen LogP) is 2.98. The Morgan fingerprint density at radius 2 is 2.20 bits per heavy atom. The second-order valence-corrected chi connectivity index (χ2v) is 6.25. The zero-order valence-electron chi connectivity index (χ0n) is 11.3. The first-order valence-corrected chi connectivity index (χ1v) is 8.10. The lowest BCUT2D eigenvalue weighted by Crippen LogP contribution is -2.26. The van der Waals surface area contributed by atoms with E-state index < -0.39 is 5.97 Å². The van der Waals surface area contributed by atoms with Gasteiger partial charge in [-0.3, -0.25) is 0 Å². The van der Waals surface area contributed by atoms with E-state index in [-0.39, 0.29) is 5.56 Å². The van der Waals surface area contributed by atoms with Crippen LogP contribution in [0.4, 0.5) is 0 Å². The summed E-state index contributed by atoms with van der Waals surface area (Å²) in [6.45, 7) is 0. The molecule has 0 aliphatic heterocycles. The van der Waals surface area contributed by atoms with Crippen LogP contribution in [-0.4, -0.2) is 37.6 Å². The second kappa shape index (κ2) is 5.44. The number of aromatic nitrogens is 3. The minimum atomic E-state index is -0.912. The van der Waals surface area contributed by atoms with Gasteiger partial charge in [0.05, 0.1) is 17.1 Å². The van der Waals surface area contributed by atoms with Crippen molar-refractivity contribution in [2.24, 2.45) is 0 Å². The Labute approximate surface area is 121 Å². The Balaban J connectivity index is 2.06. The summed E-state index contributed by atoms with van der Waals surface area (Å²) in [5.41, 5.74) is 1.88. The molecule has 1 aliphatic rings. The highest BCUT2D eigenvalue weighted by Gasteiger charge is 2.28. The molecule has 1 aromatic heterocycles. The van der Waals surface area contributed by atoms with Gasteiger partial charge in [0.25, 0.3) is 0 Å². The Kier molecular flexibility index (Phi) is 3.65. The molecular formula is C14H17N3O2S. The van der Waals surface area contributed by atoms with Crippen molar-refractivity contribution in [2.75, 3.05) is 6.26 Å². The van der Waals surface area contributed by atoms with Crippen molar-refractivity contribution in [3.8, 4) is 0 Å². The standard InChI is InChI=1S/C14H17N3O2S/c1-20-13-5-3-2-4-11(13)17-12-8-9(14(18)19)6-7-10(12)15-16-17/h6-8,11,13H,2-5H2,1H3,(H,18,19). The molecule has 0 amide bonds. The molecule has 5 nitrogen and oxygen atoms in total. The molecule has 1 fully saturated rings. The Hall–Kier alpha value is -1.56. The van der Waals surface area contributed by atoms with E-state index in [0.29, 0.717) is 11.3 Å². The van der Waals surface area contributed by atoms with E-state index in [1.807, 2.05) is 16.4 Å². The van der Waals surface area contributed by atoms with Crippen LogP contribution in [0.2, 0.25) is 0 Å². The molecule has 1 N–H and O–H groups in total. The van der Waals surface area contributed by atoms with Gasteiger partial charge in [-0.2, -0.15) is 11.8 Å². The zero-order chi connectivity index (χ0) is 14.1. The summed E-state index contributed by atoms with van der Waals surface area (Å²) in [4.78, 5) is 11.1. The van der Waals surface area contributed by atoms with Gasteiger partial charge in [-0.15, -0.1) is 5.10 Å². The first kappa shape index (κ1) is 13.4. The third-order valence-electron chi connectivity index (χ3n) is 4.00. The van der Waals surface area contributed by atoms with Crippen LogP contribution < -0.4 is 0 Å². The van der Waals surface area contributed by atoms with Crippen LogP contribution in [0.5, 0.6) is 0 Å². The SMILES string of the molecule is CSC1CCCCC1n1nnc2ccc(C(=O)O)cc21. The van der Waals surface area contributed by atoms with Crippen molar-refractivity contribution in [1.82, 2.24) is 15.0 Å². The summed E-state index contributed by atoms with van der Waals surface area (Å²) in [6, 6.07) is 5.31. The summed E-state index contributed by atoms with van der Waals surface area (Å²) < 4.78 is 1.93. The van der Waals surface area contributed by atoms with Crippen LogP contribution in [0.3, 0.4) is 0 Å². The minimum absolute atomic E-state index is 0.289. The molecule has 0 bridgehead atoms. The van der Waals surface area contributed by atoms with Crippen LogP contribution in [-0.2, 0) is 0 Å².